The summed E-state index contributed by atoms with van der Waals surface area (Å²) in [6, 6.07) is 6.19. The van der Waals surface area contributed by atoms with E-state index >= 15 is 0 Å². The number of carbonyl (C=O) groups excluding carboxylic acids is 2. The maximum absolute atomic E-state index is 13.2. The number of phenols is 2. The van der Waals surface area contributed by atoms with E-state index in [0.717, 1.165) is 44.1 Å². The Labute approximate surface area is 239 Å². The lowest BCUT2D eigenvalue weighted by molar-refractivity contribution is -0.147. The van der Waals surface area contributed by atoms with Gasteiger partial charge in [0, 0.05) is 23.6 Å². The Kier molecular flexibility index (Phi) is 12.6. The molecule has 6 heteroatoms. The summed E-state index contributed by atoms with van der Waals surface area (Å²) in [6.45, 7) is 4.05. The average Bonchev–Trinajstić information content (AvgIpc) is 2.92. The number of ketones is 1. The Morgan fingerprint density at radius 2 is 1.35 bits per heavy atom. The van der Waals surface area contributed by atoms with E-state index in [1.165, 1.54) is 64.2 Å². The summed E-state index contributed by atoms with van der Waals surface area (Å²) in [7, 11) is 1.46. The average molecular weight is 551 g/mol. The predicted molar refractivity (Wildman–Crippen MR) is 158 cm³/mol. The maximum atomic E-state index is 13.2. The van der Waals surface area contributed by atoms with Gasteiger partial charge in [-0.1, -0.05) is 76.5 Å². The van der Waals surface area contributed by atoms with Gasteiger partial charge in [-0.25, -0.2) is 0 Å². The Morgan fingerprint density at radius 3 is 1.98 bits per heavy atom. The van der Waals surface area contributed by atoms with Gasteiger partial charge in [0.1, 0.15) is 17.2 Å². The summed E-state index contributed by atoms with van der Waals surface area (Å²) < 4.78 is 11.2. The van der Waals surface area contributed by atoms with E-state index in [1.54, 1.807) is 19.1 Å². The van der Waals surface area contributed by atoms with Gasteiger partial charge in [-0.15, -0.1) is 0 Å². The number of ether oxygens (including phenoxy) is 2. The third kappa shape index (κ3) is 8.61. The van der Waals surface area contributed by atoms with Crippen LogP contribution in [0.1, 0.15) is 136 Å². The van der Waals surface area contributed by atoms with E-state index in [2.05, 4.69) is 19.1 Å². The van der Waals surface area contributed by atoms with Crippen LogP contribution in [0.15, 0.2) is 36.4 Å². The molecule has 0 aromatic heterocycles. The van der Waals surface area contributed by atoms with E-state index in [-0.39, 0.29) is 35.0 Å². The Balaban J connectivity index is 1.46. The van der Waals surface area contributed by atoms with Crippen molar-refractivity contribution >= 4 is 11.8 Å². The molecule has 1 atom stereocenters. The van der Waals surface area contributed by atoms with Crippen molar-refractivity contribution in [2.45, 2.75) is 110 Å². The first-order chi connectivity index (χ1) is 19.4. The lowest BCUT2D eigenvalue weighted by Crippen LogP contribution is -2.24. The third-order valence-corrected chi connectivity index (χ3v) is 7.56. The van der Waals surface area contributed by atoms with Crippen LogP contribution in [0.2, 0.25) is 0 Å². The van der Waals surface area contributed by atoms with Crippen LogP contribution in [0.4, 0.5) is 0 Å². The molecule has 0 heterocycles. The molecule has 218 valence electrons. The molecule has 6 nitrogen and oxygen atoms in total. The summed E-state index contributed by atoms with van der Waals surface area (Å²) >= 11 is 0. The monoisotopic (exact) mass is 550 g/mol. The molecule has 1 aliphatic carbocycles. The van der Waals surface area contributed by atoms with E-state index in [1.807, 2.05) is 0 Å². The van der Waals surface area contributed by atoms with Crippen LogP contribution in [-0.4, -0.2) is 29.1 Å². The van der Waals surface area contributed by atoms with Crippen LogP contribution in [0.5, 0.6) is 17.2 Å². The minimum atomic E-state index is -0.926. The van der Waals surface area contributed by atoms with Crippen molar-refractivity contribution in [3.8, 4) is 17.2 Å². The summed E-state index contributed by atoms with van der Waals surface area (Å²) in [5.74, 6) is -1.01. The van der Waals surface area contributed by atoms with Crippen molar-refractivity contribution in [2.24, 2.45) is 0 Å². The highest BCUT2D eigenvalue weighted by atomic mass is 16.5. The number of hydrogen-bond donors (Lipinski definition) is 2. The number of allylic oxidation sites excluding steroid dienone is 2. The maximum Gasteiger partial charge on any atom is 0.306 e. The highest BCUT2D eigenvalue weighted by Gasteiger charge is 2.38. The molecule has 0 amide bonds. The second kappa shape index (κ2) is 16.1. The van der Waals surface area contributed by atoms with E-state index < -0.39 is 11.9 Å². The van der Waals surface area contributed by atoms with Crippen LogP contribution in [0, 0.1) is 6.92 Å². The molecule has 2 N–H and O–H groups in total. The number of rotatable bonds is 17. The first-order valence-corrected chi connectivity index (χ1v) is 15.0. The van der Waals surface area contributed by atoms with Crippen molar-refractivity contribution in [1.82, 2.24) is 0 Å². The number of fused-ring (bicyclic) bond motifs is 2. The number of aryl methyl sites for hydroxylation is 1. The molecule has 40 heavy (non-hydrogen) atoms. The highest BCUT2D eigenvalue weighted by molar-refractivity contribution is 6.16. The van der Waals surface area contributed by atoms with Crippen LogP contribution < -0.4 is 4.74 Å². The van der Waals surface area contributed by atoms with E-state index in [0.29, 0.717) is 16.9 Å². The molecule has 1 aliphatic rings. The molecule has 0 bridgehead atoms. The van der Waals surface area contributed by atoms with Gasteiger partial charge in [0.25, 0.3) is 0 Å². The first kappa shape index (κ1) is 31.3. The zero-order chi connectivity index (χ0) is 28.9. The SMILES string of the molecule is CCCCCCCCC=CCCCCCCCC(=O)OC1c2cc(C)cc(O)c2C(=O)c2c(O)cc(OC)cc21. The molecule has 0 saturated carbocycles. The van der Waals surface area contributed by atoms with Gasteiger partial charge in [0.05, 0.1) is 18.2 Å². The second-order valence-corrected chi connectivity index (χ2v) is 10.9. The summed E-state index contributed by atoms with van der Waals surface area (Å²) in [4.78, 5) is 26.1. The topological polar surface area (TPSA) is 93.1 Å². The highest BCUT2D eigenvalue weighted by Crippen LogP contribution is 2.45. The molecule has 0 spiro atoms. The van der Waals surface area contributed by atoms with Gasteiger partial charge in [0.2, 0.25) is 5.78 Å². The van der Waals surface area contributed by atoms with Crippen molar-refractivity contribution in [1.29, 1.82) is 0 Å². The summed E-state index contributed by atoms with van der Waals surface area (Å²) in [6.07, 6.45) is 19.3. The van der Waals surface area contributed by atoms with Crippen molar-refractivity contribution in [3.05, 3.63) is 64.2 Å². The number of benzene rings is 2. The lowest BCUT2D eigenvalue weighted by atomic mass is 9.81. The molecule has 0 saturated heterocycles. The van der Waals surface area contributed by atoms with E-state index in [9.17, 15) is 19.8 Å². The summed E-state index contributed by atoms with van der Waals surface area (Å²) in [5, 5.41) is 21.1. The zero-order valence-corrected chi connectivity index (χ0v) is 24.5. The molecular formula is C34H46O6. The number of unbranched alkanes of at least 4 members (excludes halogenated alkanes) is 11. The fourth-order valence-corrected chi connectivity index (χ4v) is 5.39. The van der Waals surface area contributed by atoms with Crippen molar-refractivity contribution < 1.29 is 29.3 Å². The van der Waals surface area contributed by atoms with E-state index in [4.69, 9.17) is 9.47 Å². The minimum absolute atomic E-state index is 0.0197. The predicted octanol–water partition coefficient (Wildman–Crippen LogP) is 8.63. The number of hydrogen-bond acceptors (Lipinski definition) is 6. The quantitative estimate of drug-likeness (QED) is 0.116. The fraction of sp³-hybridized carbons (Fsp3) is 0.529. The molecule has 0 radical (unpaired) electrons. The number of phenolic OH excluding ortho intramolecular Hbond substituents is 2. The number of carbonyl (C=O) groups is 2. The normalized spacial score (nSPS) is 14.3. The van der Waals surface area contributed by atoms with Gasteiger partial charge >= 0.3 is 5.97 Å². The van der Waals surface area contributed by atoms with Crippen LogP contribution >= 0.6 is 0 Å². The number of esters is 1. The second-order valence-electron chi connectivity index (χ2n) is 10.9. The molecule has 0 aliphatic heterocycles. The van der Waals surface area contributed by atoms with Gasteiger partial charge in [-0.2, -0.15) is 0 Å². The Bertz CT molecular complexity index is 1170. The largest absolute Gasteiger partial charge is 0.507 e. The molecule has 3 rings (SSSR count). The smallest absolute Gasteiger partial charge is 0.306 e. The third-order valence-electron chi connectivity index (χ3n) is 7.56. The lowest BCUT2D eigenvalue weighted by Gasteiger charge is -2.29. The minimum Gasteiger partial charge on any atom is -0.507 e. The standard InChI is InChI=1S/C34H46O6/c1-4-5-6-7-8-9-10-11-12-13-14-15-16-17-18-19-30(37)40-34-26-20-24(2)21-28(35)31(26)33(38)32-27(34)22-25(39-3)23-29(32)36/h11-12,20-23,34-36H,4-10,13-19H2,1-3H3. The molecule has 0 fully saturated rings. The van der Waals surface area contributed by atoms with Crippen LogP contribution in [0.25, 0.3) is 0 Å². The van der Waals surface area contributed by atoms with Gasteiger partial charge < -0.3 is 19.7 Å². The van der Waals surface area contributed by atoms with Crippen LogP contribution in [0.3, 0.4) is 0 Å². The molecule has 2 aromatic rings. The number of aromatic hydroxyl groups is 2. The summed E-state index contributed by atoms with van der Waals surface area (Å²) in [5.41, 5.74) is 1.58. The van der Waals surface area contributed by atoms with Gasteiger partial charge in [-0.3, -0.25) is 9.59 Å². The first-order valence-electron chi connectivity index (χ1n) is 15.0. The fourth-order valence-electron chi connectivity index (χ4n) is 5.39. The molecular weight excluding hydrogens is 504 g/mol. The Hall–Kier alpha value is -3.28. The Morgan fingerprint density at radius 1 is 0.800 bits per heavy atom. The molecule has 2 aromatic carbocycles. The van der Waals surface area contributed by atoms with Crippen LogP contribution in [-0.2, 0) is 9.53 Å². The number of methoxy groups -OCH3 is 1. The molecule has 1 unspecified atom stereocenters. The van der Waals surface area contributed by atoms with Crippen molar-refractivity contribution in [3.63, 3.8) is 0 Å². The van der Waals surface area contributed by atoms with Gasteiger partial charge in [-0.05, 0) is 56.7 Å². The zero-order valence-electron chi connectivity index (χ0n) is 24.5. The van der Waals surface area contributed by atoms with Gasteiger partial charge in [0.15, 0.2) is 6.10 Å². The van der Waals surface area contributed by atoms with Crippen molar-refractivity contribution in [2.75, 3.05) is 7.11 Å².